The van der Waals surface area contributed by atoms with E-state index in [1.807, 2.05) is 26.0 Å². The third-order valence-corrected chi connectivity index (χ3v) is 6.08. The number of carbonyl (C=O) groups is 2. The summed E-state index contributed by atoms with van der Waals surface area (Å²) in [6.07, 6.45) is 1.70. The number of para-hydroxylation sites is 1. The van der Waals surface area contributed by atoms with E-state index in [0.29, 0.717) is 20.8 Å². The van der Waals surface area contributed by atoms with Crippen LogP contribution >= 0.6 is 27.7 Å². The number of amides is 2. The van der Waals surface area contributed by atoms with E-state index in [0.717, 1.165) is 28.7 Å². The Bertz CT molecular complexity index is 1170. The highest BCUT2D eigenvalue weighted by atomic mass is 79.9. The quantitative estimate of drug-likeness (QED) is 0.425. The number of aromatic nitrogens is 1. The largest absolute Gasteiger partial charge is 0.315 e. The number of hydrogen-bond donors (Lipinski definition) is 0. The lowest BCUT2D eigenvalue weighted by molar-refractivity contribution is -0.113. The molecule has 2 heterocycles. The third kappa shape index (κ3) is 3.56. The van der Waals surface area contributed by atoms with Gasteiger partial charge >= 0.3 is 0 Å². The molecular weight excluding hydrogens is 455 g/mol. The SMILES string of the molecule is Cc1cc(C=C2SC(=O)N(c3ccccc3)C2=O)c(C)n1-c1ccc(Br)cc1F. The molecule has 1 saturated heterocycles. The fourth-order valence-electron chi connectivity index (χ4n) is 3.38. The van der Waals surface area contributed by atoms with Gasteiger partial charge in [-0.1, -0.05) is 34.1 Å². The molecule has 1 aliphatic heterocycles. The number of thioether (sulfide) groups is 1. The van der Waals surface area contributed by atoms with Crippen LogP contribution in [-0.2, 0) is 4.79 Å². The number of rotatable bonds is 3. The Hall–Kier alpha value is -2.64. The molecule has 0 spiro atoms. The van der Waals surface area contributed by atoms with E-state index in [-0.39, 0.29) is 17.0 Å². The summed E-state index contributed by atoms with van der Waals surface area (Å²) in [6, 6.07) is 15.6. The molecule has 3 aromatic rings. The Morgan fingerprint density at radius 2 is 1.76 bits per heavy atom. The number of imide groups is 1. The summed E-state index contributed by atoms with van der Waals surface area (Å²) >= 11 is 4.18. The van der Waals surface area contributed by atoms with E-state index < -0.39 is 0 Å². The predicted octanol–water partition coefficient (Wildman–Crippen LogP) is 6.24. The summed E-state index contributed by atoms with van der Waals surface area (Å²) in [5.74, 6) is -0.706. The van der Waals surface area contributed by atoms with Crippen molar-refractivity contribution in [3.63, 3.8) is 0 Å². The van der Waals surface area contributed by atoms with E-state index in [4.69, 9.17) is 0 Å². The minimum absolute atomic E-state index is 0.333. The van der Waals surface area contributed by atoms with Gasteiger partial charge in [0.1, 0.15) is 5.82 Å². The number of hydrogen-bond acceptors (Lipinski definition) is 3. The van der Waals surface area contributed by atoms with Crippen molar-refractivity contribution in [3.05, 3.63) is 86.7 Å². The standard InChI is InChI=1S/C22H16BrFN2O2S/c1-13-10-15(14(2)25(13)19-9-8-16(23)12-18(19)24)11-20-21(27)26(22(28)29-20)17-6-4-3-5-7-17/h3-12H,1-2H3. The zero-order valence-corrected chi connectivity index (χ0v) is 18.1. The lowest BCUT2D eigenvalue weighted by Gasteiger charge is -2.12. The number of carbonyl (C=O) groups excluding carboxylic acids is 2. The summed E-state index contributed by atoms with van der Waals surface area (Å²) in [7, 11) is 0. The van der Waals surface area contributed by atoms with E-state index >= 15 is 0 Å². The minimum atomic E-state index is -0.356. The Balaban J connectivity index is 1.73. The second-order valence-corrected chi connectivity index (χ2v) is 8.52. The van der Waals surface area contributed by atoms with Crippen molar-refractivity contribution in [1.29, 1.82) is 0 Å². The smallest absolute Gasteiger partial charge is 0.298 e. The van der Waals surface area contributed by atoms with Crippen molar-refractivity contribution in [3.8, 4) is 5.69 Å². The molecule has 0 unspecified atom stereocenters. The highest BCUT2D eigenvalue weighted by molar-refractivity contribution is 9.10. The van der Waals surface area contributed by atoms with Gasteiger partial charge in [0, 0.05) is 15.9 Å². The van der Waals surface area contributed by atoms with Gasteiger partial charge in [-0.25, -0.2) is 9.29 Å². The van der Waals surface area contributed by atoms with Crippen molar-refractivity contribution < 1.29 is 14.0 Å². The molecule has 2 aromatic carbocycles. The Morgan fingerprint density at radius 3 is 2.45 bits per heavy atom. The highest BCUT2D eigenvalue weighted by Crippen LogP contribution is 2.36. The monoisotopic (exact) mass is 470 g/mol. The fraction of sp³-hybridized carbons (Fsp3) is 0.0909. The van der Waals surface area contributed by atoms with Crippen molar-refractivity contribution in [2.75, 3.05) is 4.90 Å². The van der Waals surface area contributed by atoms with Gasteiger partial charge in [0.2, 0.25) is 0 Å². The Morgan fingerprint density at radius 1 is 1.03 bits per heavy atom. The van der Waals surface area contributed by atoms with Crippen LogP contribution in [0.3, 0.4) is 0 Å². The number of benzene rings is 2. The van der Waals surface area contributed by atoms with Crippen LogP contribution in [0.1, 0.15) is 17.0 Å². The second kappa shape index (κ2) is 7.65. The van der Waals surface area contributed by atoms with Crippen LogP contribution in [0, 0.1) is 19.7 Å². The van der Waals surface area contributed by atoms with Crippen molar-refractivity contribution in [2.24, 2.45) is 0 Å². The molecule has 146 valence electrons. The number of nitrogens with zero attached hydrogens (tertiary/aromatic N) is 2. The van der Waals surface area contributed by atoms with E-state index in [1.54, 1.807) is 47.0 Å². The van der Waals surface area contributed by atoms with Gasteiger partial charge in [0.05, 0.1) is 16.3 Å². The van der Waals surface area contributed by atoms with Crippen molar-refractivity contribution in [2.45, 2.75) is 13.8 Å². The molecule has 0 N–H and O–H groups in total. The van der Waals surface area contributed by atoms with Gasteiger partial charge in [0.25, 0.3) is 11.1 Å². The molecule has 1 aliphatic rings. The maximum absolute atomic E-state index is 14.5. The van der Waals surface area contributed by atoms with Gasteiger partial charge in [-0.2, -0.15) is 0 Å². The lowest BCUT2D eigenvalue weighted by atomic mass is 10.2. The molecule has 0 saturated carbocycles. The average Bonchev–Trinajstić information content (AvgIpc) is 3.11. The van der Waals surface area contributed by atoms with Crippen LogP contribution in [0.4, 0.5) is 14.9 Å². The number of aryl methyl sites for hydroxylation is 1. The summed E-state index contributed by atoms with van der Waals surface area (Å²) in [5.41, 5.74) is 3.36. The van der Waals surface area contributed by atoms with Gasteiger partial charge in [-0.3, -0.25) is 9.59 Å². The van der Waals surface area contributed by atoms with E-state index in [9.17, 15) is 14.0 Å². The van der Waals surface area contributed by atoms with E-state index in [2.05, 4.69) is 15.9 Å². The van der Waals surface area contributed by atoms with Crippen LogP contribution in [0.5, 0.6) is 0 Å². The first-order chi connectivity index (χ1) is 13.9. The first-order valence-corrected chi connectivity index (χ1v) is 10.4. The Kier molecular flexibility index (Phi) is 5.19. The summed E-state index contributed by atoms with van der Waals surface area (Å²) in [5, 5.41) is -0.333. The molecule has 4 nitrogen and oxygen atoms in total. The van der Waals surface area contributed by atoms with Gasteiger partial charge in [-0.05, 0) is 73.6 Å². The predicted molar refractivity (Wildman–Crippen MR) is 118 cm³/mol. The maximum atomic E-state index is 14.5. The molecule has 0 aliphatic carbocycles. The van der Waals surface area contributed by atoms with Crippen molar-refractivity contribution in [1.82, 2.24) is 4.57 Å². The van der Waals surface area contributed by atoms with Crippen LogP contribution < -0.4 is 4.90 Å². The fourth-order valence-corrected chi connectivity index (χ4v) is 4.54. The molecular formula is C22H16BrFN2O2S. The number of halogens is 2. The molecule has 0 atom stereocenters. The zero-order chi connectivity index (χ0) is 20.7. The van der Waals surface area contributed by atoms with Gasteiger partial charge in [0.15, 0.2) is 0 Å². The average molecular weight is 471 g/mol. The van der Waals surface area contributed by atoms with Crippen LogP contribution in [0.25, 0.3) is 11.8 Å². The van der Waals surface area contributed by atoms with Gasteiger partial charge < -0.3 is 4.57 Å². The number of anilines is 1. The van der Waals surface area contributed by atoms with Gasteiger partial charge in [-0.15, -0.1) is 0 Å². The van der Waals surface area contributed by atoms with Crippen LogP contribution in [0.2, 0.25) is 0 Å². The summed E-state index contributed by atoms with van der Waals surface area (Å²) in [6.45, 7) is 3.74. The molecule has 1 aromatic heterocycles. The molecule has 29 heavy (non-hydrogen) atoms. The molecule has 0 bridgehead atoms. The zero-order valence-electron chi connectivity index (χ0n) is 15.6. The molecule has 0 radical (unpaired) electrons. The highest BCUT2D eigenvalue weighted by Gasteiger charge is 2.36. The molecule has 7 heteroatoms. The molecule has 1 fully saturated rings. The first kappa shape index (κ1) is 19.7. The summed E-state index contributed by atoms with van der Waals surface area (Å²) < 4.78 is 17.0. The van der Waals surface area contributed by atoms with Crippen molar-refractivity contribution >= 4 is 50.6 Å². The normalized spacial score (nSPS) is 15.6. The van der Waals surface area contributed by atoms with Crippen LogP contribution in [-0.4, -0.2) is 15.7 Å². The maximum Gasteiger partial charge on any atom is 0.298 e. The second-order valence-electron chi connectivity index (χ2n) is 6.61. The minimum Gasteiger partial charge on any atom is -0.315 e. The molecule has 4 rings (SSSR count). The first-order valence-electron chi connectivity index (χ1n) is 8.84. The third-order valence-electron chi connectivity index (χ3n) is 4.72. The molecule has 2 amide bonds. The Labute approximate surface area is 180 Å². The summed E-state index contributed by atoms with van der Waals surface area (Å²) in [4.78, 5) is 26.8. The lowest BCUT2D eigenvalue weighted by Crippen LogP contribution is -2.27. The topological polar surface area (TPSA) is 42.3 Å². The van der Waals surface area contributed by atoms with Crippen LogP contribution in [0.15, 0.2) is 64.0 Å². The van der Waals surface area contributed by atoms with E-state index in [1.165, 1.54) is 11.0 Å².